The smallest absolute Gasteiger partial charge is 0.130 e. The topological polar surface area (TPSA) is 41.1 Å². The quantitative estimate of drug-likeness (QED) is 0.894. The fourth-order valence-corrected chi connectivity index (χ4v) is 3.01. The van der Waals surface area contributed by atoms with E-state index in [0.29, 0.717) is 12.0 Å². The number of hydrogen-bond donors (Lipinski definition) is 1. The molecular weight excluding hydrogens is 236 g/mol. The molecule has 0 radical (unpaired) electrons. The number of rotatable bonds is 3. The van der Waals surface area contributed by atoms with Crippen molar-refractivity contribution in [2.45, 2.75) is 44.6 Å². The Balaban J connectivity index is 1.71. The first-order valence-electron chi connectivity index (χ1n) is 7.47. The molecular formula is C15H24N4. The van der Waals surface area contributed by atoms with Crippen LogP contribution < -0.4 is 5.32 Å². The molecule has 2 fully saturated rings. The Morgan fingerprint density at radius 3 is 2.89 bits per heavy atom. The van der Waals surface area contributed by atoms with E-state index in [0.717, 1.165) is 37.6 Å². The number of nitrogens with one attached hydrogen (secondary N) is 1. The Morgan fingerprint density at radius 2 is 2.21 bits per heavy atom. The van der Waals surface area contributed by atoms with Gasteiger partial charge in [0, 0.05) is 49.4 Å². The zero-order valence-electron chi connectivity index (χ0n) is 12.0. The van der Waals surface area contributed by atoms with Crippen LogP contribution in [-0.4, -0.2) is 47.6 Å². The van der Waals surface area contributed by atoms with E-state index in [1.165, 1.54) is 25.0 Å². The molecule has 2 aliphatic rings. The molecule has 1 aliphatic heterocycles. The zero-order valence-corrected chi connectivity index (χ0v) is 12.0. The summed E-state index contributed by atoms with van der Waals surface area (Å²) >= 11 is 0. The van der Waals surface area contributed by atoms with E-state index in [9.17, 15) is 0 Å². The van der Waals surface area contributed by atoms with E-state index in [1.54, 1.807) is 0 Å². The number of nitrogens with zero attached hydrogens (tertiary/aromatic N) is 3. The monoisotopic (exact) mass is 260 g/mol. The molecule has 1 N–H and O–H groups in total. The molecule has 4 nitrogen and oxygen atoms in total. The number of piperazine rings is 1. The van der Waals surface area contributed by atoms with Crippen LogP contribution in [-0.2, 0) is 6.42 Å². The second kappa shape index (κ2) is 5.55. The second-order valence-electron chi connectivity index (χ2n) is 6.10. The van der Waals surface area contributed by atoms with Crippen molar-refractivity contribution in [1.82, 2.24) is 20.2 Å². The van der Waals surface area contributed by atoms with Gasteiger partial charge >= 0.3 is 0 Å². The van der Waals surface area contributed by atoms with Gasteiger partial charge < -0.3 is 10.2 Å². The van der Waals surface area contributed by atoms with Gasteiger partial charge in [0.05, 0.1) is 0 Å². The molecule has 1 aromatic rings. The van der Waals surface area contributed by atoms with Crippen LogP contribution in [0.5, 0.6) is 0 Å². The van der Waals surface area contributed by atoms with Gasteiger partial charge in [0.25, 0.3) is 0 Å². The lowest BCUT2D eigenvalue weighted by molar-refractivity contribution is 0.236. The van der Waals surface area contributed by atoms with Crippen molar-refractivity contribution in [1.29, 1.82) is 0 Å². The van der Waals surface area contributed by atoms with Gasteiger partial charge in [-0.1, -0.05) is 6.42 Å². The third-order valence-corrected chi connectivity index (χ3v) is 4.33. The molecule has 0 amide bonds. The lowest BCUT2D eigenvalue weighted by atomic mass is 9.82. The highest BCUT2D eigenvalue weighted by Gasteiger charge is 2.23. The van der Waals surface area contributed by atoms with Crippen molar-refractivity contribution in [3.05, 3.63) is 23.3 Å². The van der Waals surface area contributed by atoms with Gasteiger partial charge in [0.1, 0.15) is 5.82 Å². The maximum Gasteiger partial charge on any atom is 0.130 e. The maximum atomic E-state index is 4.81. The van der Waals surface area contributed by atoms with E-state index in [2.05, 4.69) is 35.2 Å². The number of hydrogen-bond acceptors (Lipinski definition) is 4. The fourth-order valence-electron chi connectivity index (χ4n) is 3.01. The van der Waals surface area contributed by atoms with Crippen molar-refractivity contribution in [3.63, 3.8) is 0 Å². The number of aromatic nitrogens is 2. The summed E-state index contributed by atoms with van der Waals surface area (Å²) in [5.74, 6) is 1.72. The van der Waals surface area contributed by atoms with Crippen molar-refractivity contribution in [3.8, 4) is 0 Å². The SMILES string of the molecule is Cc1cc(C2CCC2)nc(CC2CN(C)CCN2)n1. The van der Waals surface area contributed by atoms with Crippen LogP contribution in [0.1, 0.15) is 42.4 Å². The highest BCUT2D eigenvalue weighted by molar-refractivity contribution is 5.16. The van der Waals surface area contributed by atoms with Gasteiger partial charge in [-0.05, 0) is 32.9 Å². The lowest BCUT2D eigenvalue weighted by Gasteiger charge is -2.31. The Labute approximate surface area is 115 Å². The summed E-state index contributed by atoms with van der Waals surface area (Å²) in [6.45, 7) is 5.39. The van der Waals surface area contributed by atoms with Gasteiger partial charge in [-0.25, -0.2) is 9.97 Å². The average Bonchev–Trinajstić information content (AvgIpc) is 2.25. The molecule has 19 heavy (non-hydrogen) atoms. The average molecular weight is 260 g/mol. The maximum absolute atomic E-state index is 4.81. The molecule has 0 bridgehead atoms. The molecule has 1 aliphatic carbocycles. The predicted octanol–water partition coefficient (Wildman–Crippen LogP) is 1.50. The van der Waals surface area contributed by atoms with Gasteiger partial charge in [-0.3, -0.25) is 0 Å². The zero-order chi connectivity index (χ0) is 13.2. The van der Waals surface area contributed by atoms with Gasteiger partial charge in [0.15, 0.2) is 0 Å². The van der Waals surface area contributed by atoms with Gasteiger partial charge in [-0.15, -0.1) is 0 Å². The fraction of sp³-hybridized carbons (Fsp3) is 0.733. The third kappa shape index (κ3) is 3.12. The molecule has 1 atom stereocenters. The highest BCUT2D eigenvalue weighted by Crippen LogP contribution is 2.35. The Kier molecular flexibility index (Phi) is 3.80. The van der Waals surface area contributed by atoms with E-state index in [4.69, 9.17) is 4.98 Å². The van der Waals surface area contributed by atoms with Crippen LogP contribution in [0, 0.1) is 6.92 Å². The first kappa shape index (κ1) is 13.0. The standard InChI is InChI=1S/C15H24N4/c1-11-8-14(12-4-3-5-12)18-15(17-11)9-13-10-19(2)7-6-16-13/h8,12-13,16H,3-7,9-10H2,1-2H3. The summed E-state index contributed by atoms with van der Waals surface area (Å²) in [5, 5.41) is 3.57. The molecule has 104 valence electrons. The second-order valence-corrected chi connectivity index (χ2v) is 6.10. The first-order chi connectivity index (χ1) is 9.20. The van der Waals surface area contributed by atoms with E-state index >= 15 is 0 Å². The molecule has 0 aromatic carbocycles. The minimum atomic E-state index is 0.495. The van der Waals surface area contributed by atoms with Gasteiger partial charge in [0.2, 0.25) is 0 Å². The minimum absolute atomic E-state index is 0.495. The van der Waals surface area contributed by atoms with Crippen molar-refractivity contribution >= 4 is 0 Å². The summed E-state index contributed by atoms with van der Waals surface area (Å²) < 4.78 is 0. The van der Waals surface area contributed by atoms with Crippen molar-refractivity contribution in [2.75, 3.05) is 26.7 Å². The van der Waals surface area contributed by atoms with Crippen LogP contribution in [0.25, 0.3) is 0 Å². The van der Waals surface area contributed by atoms with Crippen LogP contribution in [0.15, 0.2) is 6.07 Å². The highest BCUT2D eigenvalue weighted by atomic mass is 15.2. The van der Waals surface area contributed by atoms with Crippen LogP contribution in [0.3, 0.4) is 0 Å². The van der Waals surface area contributed by atoms with E-state index in [1.807, 2.05) is 0 Å². The van der Waals surface area contributed by atoms with E-state index in [-0.39, 0.29) is 0 Å². The molecule has 1 saturated carbocycles. The largest absolute Gasteiger partial charge is 0.311 e. The number of aryl methyl sites for hydroxylation is 1. The third-order valence-electron chi connectivity index (χ3n) is 4.33. The van der Waals surface area contributed by atoms with Crippen LogP contribution in [0.2, 0.25) is 0 Å². The first-order valence-corrected chi connectivity index (χ1v) is 7.47. The molecule has 2 heterocycles. The van der Waals surface area contributed by atoms with Crippen LogP contribution in [0.4, 0.5) is 0 Å². The molecule has 1 unspecified atom stereocenters. The van der Waals surface area contributed by atoms with Crippen LogP contribution >= 0.6 is 0 Å². The molecule has 1 saturated heterocycles. The molecule has 0 spiro atoms. The number of likely N-dealkylation sites (N-methyl/N-ethyl adjacent to an activating group) is 1. The van der Waals surface area contributed by atoms with Gasteiger partial charge in [-0.2, -0.15) is 0 Å². The Hall–Kier alpha value is -1.00. The Morgan fingerprint density at radius 1 is 1.37 bits per heavy atom. The van der Waals surface area contributed by atoms with E-state index < -0.39 is 0 Å². The minimum Gasteiger partial charge on any atom is -0.311 e. The molecule has 4 heteroatoms. The lowest BCUT2D eigenvalue weighted by Crippen LogP contribution is -2.50. The molecule has 3 rings (SSSR count). The Bertz CT molecular complexity index is 442. The summed E-state index contributed by atoms with van der Waals surface area (Å²) in [5.41, 5.74) is 2.40. The van der Waals surface area contributed by atoms with Crippen molar-refractivity contribution < 1.29 is 0 Å². The summed E-state index contributed by atoms with van der Waals surface area (Å²) in [6.07, 6.45) is 4.92. The predicted molar refractivity (Wildman–Crippen MR) is 76.4 cm³/mol. The summed E-state index contributed by atoms with van der Waals surface area (Å²) in [7, 11) is 2.19. The summed E-state index contributed by atoms with van der Waals surface area (Å²) in [6, 6.07) is 2.67. The van der Waals surface area contributed by atoms with Crippen molar-refractivity contribution in [2.24, 2.45) is 0 Å². The normalized spacial score (nSPS) is 25.3. The molecule has 1 aromatic heterocycles. The summed E-state index contributed by atoms with van der Waals surface area (Å²) in [4.78, 5) is 11.8.